The average molecular weight is 227 g/mol. The zero-order valence-corrected chi connectivity index (χ0v) is 9.28. The standard InChI is InChI=1S/C13H9NOS/c15-16-9-3-8-14-12-7-6-10-4-1-2-5-11(10)13(12)16/h1-9H. The van der Waals surface area contributed by atoms with Crippen molar-refractivity contribution in [3.05, 3.63) is 47.9 Å². The first-order valence-corrected chi connectivity index (χ1v) is 6.21. The first-order chi connectivity index (χ1) is 7.86. The summed E-state index contributed by atoms with van der Waals surface area (Å²) in [5.41, 5.74) is 0.794. The van der Waals surface area contributed by atoms with E-state index < -0.39 is 11.2 Å². The molecule has 1 aliphatic heterocycles. The maximum atomic E-state index is 12.1. The number of allylic oxidation sites excluding steroid dienone is 1. The predicted octanol–water partition coefficient (Wildman–Crippen LogP) is 3.18. The molecule has 2 nitrogen and oxygen atoms in total. The first kappa shape index (κ1) is 9.63. The number of benzene rings is 2. The first-order valence-electron chi connectivity index (χ1n) is 4.99. The highest BCUT2D eigenvalue weighted by atomic mass is 32.2. The van der Waals surface area contributed by atoms with Crippen molar-refractivity contribution in [1.29, 1.82) is 0 Å². The van der Waals surface area contributed by atoms with Gasteiger partial charge in [0.2, 0.25) is 0 Å². The highest BCUT2D eigenvalue weighted by molar-refractivity contribution is 7.94. The minimum atomic E-state index is -1.11. The molecule has 0 aromatic heterocycles. The van der Waals surface area contributed by atoms with Crippen LogP contribution in [0.5, 0.6) is 0 Å². The average Bonchev–Trinajstić information content (AvgIpc) is 2.51. The molecule has 0 bridgehead atoms. The second-order valence-corrected chi connectivity index (χ2v) is 4.81. The maximum Gasteiger partial charge on any atom is 0.191 e. The van der Waals surface area contributed by atoms with E-state index in [1.165, 1.54) is 0 Å². The van der Waals surface area contributed by atoms with Crippen LogP contribution in [0.25, 0.3) is 10.8 Å². The Balaban J connectivity index is 2.41. The van der Waals surface area contributed by atoms with Crippen LogP contribution in [-0.4, -0.2) is 10.8 Å². The topological polar surface area (TPSA) is 35.4 Å². The van der Waals surface area contributed by atoms with Crippen LogP contribution in [0.15, 0.2) is 57.8 Å². The zero-order chi connectivity index (χ0) is 11.0. The SMILES string of the molecule is [O-][S+]1C=CC=Nc2ccc3ccccc3c21. The van der Waals surface area contributed by atoms with Crippen molar-refractivity contribution in [1.82, 2.24) is 0 Å². The van der Waals surface area contributed by atoms with Crippen LogP contribution in [0.3, 0.4) is 0 Å². The van der Waals surface area contributed by atoms with Gasteiger partial charge in [-0.15, -0.1) is 0 Å². The highest BCUT2D eigenvalue weighted by Crippen LogP contribution is 2.34. The smallest absolute Gasteiger partial charge is 0.191 e. The Morgan fingerprint density at radius 1 is 1.06 bits per heavy atom. The Kier molecular flexibility index (Phi) is 2.27. The van der Waals surface area contributed by atoms with Gasteiger partial charge < -0.3 is 4.55 Å². The molecule has 0 N–H and O–H groups in total. The van der Waals surface area contributed by atoms with Crippen molar-refractivity contribution in [2.24, 2.45) is 4.99 Å². The molecule has 0 fully saturated rings. The molecule has 2 aromatic carbocycles. The molecule has 3 rings (SSSR count). The molecular weight excluding hydrogens is 218 g/mol. The Morgan fingerprint density at radius 2 is 1.94 bits per heavy atom. The lowest BCUT2D eigenvalue weighted by Gasteiger charge is -2.09. The molecule has 0 radical (unpaired) electrons. The zero-order valence-electron chi connectivity index (χ0n) is 8.46. The fourth-order valence-corrected chi connectivity index (χ4v) is 2.92. The van der Waals surface area contributed by atoms with Crippen LogP contribution < -0.4 is 0 Å². The van der Waals surface area contributed by atoms with Crippen LogP contribution in [0.4, 0.5) is 5.69 Å². The van der Waals surface area contributed by atoms with Gasteiger partial charge in [0.1, 0.15) is 11.1 Å². The lowest BCUT2D eigenvalue weighted by atomic mass is 10.1. The summed E-state index contributed by atoms with van der Waals surface area (Å²) in [6, 6.07) is 11.9. The summed E-state index contributed by atoms with van der Waals surface area (Å²) in [4.78, 5) is 5.09. The van der Waals surface area contributed by atoms with Gasteiger partial charge in [-0.05, 0) is 17.5 Å². The molecule has 0 saturated carbocycles. The molecule has 1 unspecified atom stereocenters. The van der Waals surface area contributed by atoms with Crippen LogP contribution in [-0.2, 0) is 11.2 Å². The fourth-order valence-electron chi connectivity index (χ4n) is 1.84. The summed E-state index contributed by atoms with van der Waals surface area (Å²) in [5, 5.41) is 3.78. The van der Waals surface area contributed by atoms with Gasteiger partial charge in [-0.3, -0.25) is 4.99 Å². The summed E-state index contributed by atoms with van der Waals surface area (Å²) in [6.45, 7) is 0. The summed E-state index contributed by atoms with van der Waals surface area (Å²) >= 11 is -1.11. The summed E-state index contributed by atoms with van der Waals surface area (Å²) in [7, 11) is 0. The van der Waals surface area contributed by atoms with Crippen molar-refractivity contribution in [2.45, 2.75) is 4.90 Å². The number of hydrogen-bond donors (Lipinski definition) is 0. The summed E-state index contributed by atoms with van der Waals surface area (Å²) in [5.74, 6) is 0. The van der Waals surface area contributed by atoms with Crippen LogP contribution in [0.2, 0.25) is 0 Å². The van der Waals surface area contributed by atoms with E-state index in [0.717, 1.165) is 21.4 Å². The summed E-state index contributed by atoms with van der Waals surface area (Å²) < 4.78 is 12.1. The van der Waals surface area contributed by atoms with Gasteiger partial charge in [-0.1, -0.05) is 24.3 Å². The molecule has 0 aliphatic carbocycles. The molecule has 2 aromatic rings. The largest absolute Gasteiger partial charge is 0.607 e. The Morgan fingerprint density at radius 3 is 2.88 bits per heavy atom. The maximum absolute atomic E-state index is 12.1. The van der Waals surface area contributed by atoms with Crippen molar-refractivity contribution in [2.75, 3.05) is 0 Å². The third kappa shape index (κ3) is 1.45. The van der Waals surface area contributed by atoms with Gasteiger partial charge in [0.05, 0.1) is 0 Å². The van der Waals surface area contributed by atoms with E-state index >= 15 is 0 Å². The van der Waals surface area contributed by atoms with Crippen LogP contribution >= 0.6 is 0 Å². The number of aliphatic imine (C=N–C) groups is 1. The third-order valence-corrected chi connectivity index (χ3v) is 3.80. The van der Waals surface area contributed by atoms with Crippen molar-refractivity contribution in [3.8, 4) is 0 Å². The Bertz CT molecular complexity index is 604. The van der Waals surface area contributed by atoms with E-state index in [1.54, 1.807) is 17.7 Å². The van der Waals surface area contributed by atoms with Gasteiger partial charge in [0, 0.05) is 28.9 Å². The second-order valence-electron chi connectivity index (χ2n) is 3.54. The van der Waals surface area contributed by atoms with Crippen LogP contribution in [0.1, 0.15) is 0 Å². The minimum absolute atomic E-state index is 0.794. The normalized spacial score (nSPS) is 18.4. The predicted molar refractivity (Wildman–Crippen MR) is 67.6 cm³/mol. The van der Waals surface area contributed by atoms with Crippen LogP contribution in [0, 0.1) is 0 Å². The molecule has 1 atom stereocenters. The van der Waals surface area contributed by atoms with Crippen molar-refractivity contribution in [3.63, 3.8) is 0 Å². The van der Waals surface area contributed by atoms with Gasteiger partial charge in [-0.25, -0.2) is 0 Å². The number of hydrogen-bond acceptors (Lipinski definition) is 2. The van der Waals surface area contributed by atoms with Crippen molar-refractivity contribution >= 4 is 33.9 Å². The molecule has 78 valence electrons. The third-order valence-electron chi connectivity index (χ3n) is 2.56. The molecule has 0 saturated heterocycles. The number of nitrogens with zero attached hydrogens (tertiary/aromatic N) is 1. The summed E-state index contributed by atoms with van der Waals surface area (Å²) in [6.07, 6.45) is 3.41. The lowest BCUT2D eigenvalue weighted by Crippen LogP contribution is -1.97. The van der Waals surface area contributed by atoms with Gasteiger partial charge >= 0.3 is 0 Å². The van der Waals surface area contributed by atoms with E-state index in [-0.39, 0.29) is 0 Å². The number of fused-ring (bicyclic) bond motifs is 3. The second kappa shape index (κ2) is 3.77. The Labute approximate surface area is 96.5 Å². The molecule has 0 spiro atoms. The van der Waals surface area contributed by atoms with Crippen molar-refractivity contribution < 1.29 is 4.55 Å². The molecular formula is C13H9NOS. The fraction of sp³-hybridized carbons (Fsp3) is 0. The van der Waals surface area contributed by atoms with E-state index in [4.69, 9.17) is 0 Å². The van der Waals surface area contributed by atoms with E-state index in [0.29, 0.717) is 0 Å². The van der Waals surface area contributed by atoms with Gasteiger partial charge in [0.25, 0.3) is 0 Å². The van der Waals surface area contributed by atoms with E-state index in [9.17, 15) is 4.55 Å². The quantitative estimate of drug-likeness (QED) is 0.637. The molecule has 1 heterocycles. The highest BCUT2D eigenvalue weighted by Gasteiger charge is 2.18. The van der Waals surface area contributed by atoms with E-state index in [1.807, 2.05) is 36.4 Å². The van der Waals surface area contributed by atoms with Gasteiger partial charge in [0.15, 0.2) is 4.90 Å². The minimum Gasteiger partial charge on any atom is -0.607 e. The lowest BCUT2D eigenvalue weighted by molar-refractivity contribution is 0.604. The monoisotopic (exact) mass is 227 g/mol. The molecule has 1 aliphatic rings. The Hall–Kier alpha value is -1.58. The molecule has 0 amide bonds. The van der Waals surface area contributed by atoms with Gasteiger partial charge in [-0.2, -0.15) is 0 Å². The van der Waals surface area contributed by atoms with E-state index in [2.05, 4.69) is 4.99 Å². The molecule has 16 heavy (non-hydrogen) atoms. The molecule has 3 heteroatoms. The number of rotatable bonds is 0.